The molecule has 2 aliphatic heterocycles. The van der Waals surface area contributed by atoms with Gasteiger partial charge in [-0.2, -0.15) is 5.10 Å². The summed E-state index contributed by atoms with van der Waals surface area (Å²) in [7, 11) is 3.13. The largest absolute Gasteiger partial charge is 0.496 e. The summed E-state index contributed by atoms with van der Waals surface area (Å²) in [6.07, 6.45) is -2.84. The number of pyridine rings is 1. The predicted molar refractivity (Wildman–Crippen MR) is 359 cm³/mol. The van der Waals surface area contributed by atoms with Gasteiger partial charge in [-0.25, -0.2) is 24.4 Å². The van der Waals surface area contributed by atoms with Crippen LogP contribution in [0.2, 0.25) is 0 Å². The summed E-state index contributed by atoms with van der Waals surface area (Å²) in [4.78, 5) is 92.8. The number of ether oxygens (including phenoxy) is 5. The number of thiazole rings is 1. The number of aromatic amines is 1. The van der Waals surface area contributed by atoms with E-state index in [2.05, 4.69) is 39.9 Å². The summed E-state index contributed by atoms with van der Waals surface area (Å²) in [6.45, 7) is 12.8. The minimum Gasteiger partial charge on any atom is -0.496 e. The second kappa shape index (κ2) is 28.4. The van der Waals surface area contributed by atoms with E-state index in [9.17, 15) is 54.3 Å². The maximum Gasteiger partial charge on any atom is 0.410 e. The third-order valence-corrected chi connectivity index (χ3v) is 21.0. The first-order chi connectivity index (χ1) is 46.1. The number of carbonyl (C=O) groups excluding carboxylic acids is 4. The molecule has 27 heteroatoms. The van der Waals surface area contributed by atoms with E-state index in [1.165, 1.54) is 30.3 Å². The molecule has 4 bridgehead atoms. The average Bonchev–Trinajstić information content (AvgIpc) is 1.47. The van der Waals surface area contributed by atoms with Crippen molar-refractivity contribution >= 4 is 73.9 Å². The van der Waals surface area contributed by atoms with E-state index in [0.717, 1.165) is 59.1 Å². The highest BCUT2D eigenvalue weighted by Gasteiger charge is 2.66. The standard InChI is InChI=1S/C70H88N10O16S/c1-37(2)54(71)62(86)72-39(4)60(84)73-42-15-13-41(40(27-42)14-18-50-56(81)57(82)58(83)59(96-50)64(89)90)30-94-66(91)79(23-25-92-7)24-26-95-70-34-67(5)31-68(6,35-70)33-69(32-67,36-70)28-48-53(38(3)77-78-48)45-17-20-52(75-55(45)63(87)88)80-22-21-43-46(29-80)44(16-19-49(43)93-8)61(85)76-65-74-47-11-9-10-12-51(47)97-65/h9-13,15-17,19-20,27,37,39,50,54,56-59,81-83H,14,18,21-26,28-36,71H2,1-8H3,(H,72,86)(H,73,84)(H,77,78)(H,87,88)(H,89,90)(H,74,76,85)/t39-,50-,54-,56-,57+,58-,59-,67?,68?,69?,70?/m0/s1. The molecular weight excluding hydrogens is 1270 g/mol. The summed E-state index contributed by atoms with van der Waals surface area (Å²) in [5, 5.41) is 69.6. The van der Waals surface area contributed by atoms with Crippen LogP contribution in [0.4, 0.5) is 21.4 Å². The number of hydrogen-bond donors (Lipinski definition) is 10. The normalized spacial score (nSPS) is 25.5. The van der Waals surface area contributed by atoms with Gasteiger partial charge in [-0.15, -0.1) is 0 Å². The van der Waals surface area contributed by atoms with E-state index < -0.39 is 78.1 Å². The van der Waals surface area contributed by atoms with Crippen LogP contribution in [0.5, 0.6) is 5.75 Å². The molecule has 0 spiro atoms. The van der Waals surface area contributed by atoms with E-state index in [4.69, 9.17) is 39.5 Å². The molecule has 12 rings (SSSR count). The topological polar surface area (TPSA) is 373 Å². The summed E-state index contributed by atoms with van der Waals surface area (Å²) in [5.74, 6) is -3.16. The number of carbonyl (C=O) groups is 6. The Morgan fingerprint density at radius 3 is 2.29 bits per heavy atom. The number of carboxylic acids is 2. The van der Waals surface area contributed by atoms with Crippen molar-refractivity contribution in [2.45, 2.75) is 167 Å². The van der Waals surface area contributed by atoms with E-state index in [0.29, 0.717) is 81.7 Å². The molecule has 9 atom stereocenters. The van der Waals surface area contributed by atoms with Crippen LogP contribution in [-0.4, -0.2) is 182 Å². The van der Waals surface area contributed by atoms with Crippen LogP contribution in [0.25, 0.3) is 21.3 Å². The molecule has 1 saturated heterocycles. The first-order valence-corrected chi connectivity index (χ1v) is 33.8. The SMILES string of the molecule is COCCN(CCOC12CC3(C)CC(C)(CC(Cc4n[nH]c(C)c4-c4ccc(N5CCc6c(OC)ccc(C(=O)Nc7nc8ccccc8s7)c6C5)nc4C(=O)O)(C3)C1)C2)C(=O)OCc1ccc(NC(=O)[C@H](C)NC(=O)[C@@H](N)C(C)C)cc1CC[C@@H]1O[C@H](C(=O)O)[C@@H](O)[C@H](O)[C@H]1O. The van der Waals surface area contributed by atoms with E-state index in [1.54, 1.807) is 51.3 Å². The smallest absolute Gasteiger partial charge is 0.410 e. The van der Waals surface area contributed by atoms with Crippen molar-refractivity contribution in [1.29, 1.82) is 0 Å². The highest BCUT2D eigenvalue weighted by atomic mass is 32.1. The molecule has 3 aromatic heterocycles. The van der Waals surface area contributed by atoms with Crippen molar-refractivity contribution in [2.75, 3.05) is 62.6 Å². The number of aliphatic hydroxyl groups excluding tert-OH is 3. The summed E-state index contributed by atoms with van der Waals surface area (Å²) >= 11 is 1.39. The molecule has 4 amide bonds. The van der Waals surface area contributed by atoms with E-state index >= 15 is 0 Å². The van der Waals surface area contributed by atoms with Gasteiger partial charge >= 0.3 is 18.0 Å². The number of carboxylic acid groups (broad SMARTS) is 2. The fourth-order valence-electron chi connectivity index (χ4n) is 16.6. The number of hydrogen-bond acceptors (Lipinski definition) is 20. The van der Waals surface area contributed by atoms with Crippen LogP contribution in [0.1, 0.15) is 134 Å². The monoisotopic (exact) mass is 1360 g/mol. The van der Waals surface area contributed by atoms with Crippen molar-refractivity contribution in [3.63, 3.8) is 0 Å². The van der Waals surface area contributed by atoms with Crippen LogP contribution in [-0.2, 0) is 65.7 Å². The summed E-state index contributed by atoms with van der Waals surface area (Å²) < 4.78 is 30.9. The van der Waals surface area contributed by atoms with Crippen molar-refractivity contribution in [1.82, 2.24) is 30.4 Å². The average molecular weight is 1360 g/mol. The Balaban J connectivity index is 0.780. The summed E-state index contributed by atoms with van der Waals surface area (Å²) in [5.41, 5.74) is 11.6. The quantitative estimate of drug-likeness (QED) is 0.0257. The zero-order chi connectivity index (χ0) is 69.5. The lowest BCUT2D eigenvalue weighted by atomic mass is 9.38. The lowest BCUT2D eigenvalue weighted by Crippen LogP contribution is -2.64. The van der Waals surface area contributed by atoms with Gasteiger partial charge in [0.05, 0.1) is 54.0 Å². The number of aromatic carboxylic acids is 1. The highest BCUT2D eigenvalue weighted by Crippen LogP contribution is 2.72. The number of nitrogens with two attached hydrogens (primary N) is 1. The fourth-order valence-corrected chi connectivity index (χ4v) is 17.5. The third-order valence-electron chi connectivity index (χ3n) is 20.1. The molecule has 520 valence electrons. The number of H-pyrrole nitrogens is 1. The molecule has 4 aliphatic carbocycles. The number of amides is 4. The first-order valence-electron chi connectivity index (χ1n) is 33.0. The van der Waals surface area contributed by atoms with Gasteiger partial charge in [0.2, 0.25) is 11.8 Å². The number of aliphatic hydroxyl groups is 3. The number of aryl methyl sites for hydroxylation is 2. The Hall–Kier alpha value is -8.15. The van der Waals surface area contributed by atoms with Crippen molar-refractivity contribution < 1.29 is 78.0 Å². The van der Waals surface area contributed by atoms with Crippen LogP contribution >= 0.6 is 11.3 Å². The molecule has 2 unspecified atom stereocenters. The molecule has 3 aromatic carbocycles. The van der Waals surface area contributed by atoms with Crippen LogP contribution < -0.4 is 31.3 Å². The van der Waals surface area contributed by atoms with Gasteiger partial charge in [0.15, 0.2) is 16.9 Å². The second-order valence-corrected chi connectivity index (χ2v) is 29.3. The minimum absolute atomic E-state index is 0.0581. The molecule has 97 heavy (non-hydrogen) atoms. The molecule has 5 fully saturated rings. The number of rotatable bonds is 26. The van der Waals surface area contributed by atoms with Gasteiger partial charge < -0.3 is 75.4 Å². The number of methoxy groups -OCH3 is 2. The molecular formula is C70H88N10O16S. The van der Waals surface area contributed by atoms with Crippen molar-refractivity contribution in [3.05, 3.63) is 112 Å². The van der Waals surface area contributed by atoms with E-state index in [1.807, 2.05) is 48.2 Å². The molecule has 11 N–H and O–H groups in total. The Kier molecular flexibility index (Phi) is 20.5. The maximum absolute atomic E-state index is 14.3. The fraction of sp³-hybridized carbons (Fsp3) is 0.529. The van der Waals surface area contributed by atoms with Crippen molar-refractivity contribution in [2.24, 2.45) is 27.9 Å². The highest BCUT2D eigenvalue weighted by molar-refractivity contribution is 7.22. The van der Waals surface area contributed by atoms with Gasteiger partial charge in [-0.1, -0.05) is 57.2 Å². The number of anilines is 3. The van der Waals surface area contributed by atoms with Gasteiger partial charge in [-0.3, -0.25) is 24.8 Å². The lowest BCUT2D eigenvalue weighted by Gasteiger charge is -2.69. The second-order valence-electron chi connectivity index (χ2n) is 28.3. The maximum atomic E-state index is 14.3. The number of nitrogens with zero attached hydrogens (tertiary/aromatic N) is 5. The number of para-hydroxylation sites is 1. The molecule has 4 saturated carbocycles. The zero-order valence-electron chi connectivity index (χ0n) is 55.9. The van der Waals surface area contributed by atoms with Gasteiger partial charge in [0.25, 0.3) is 5.91 Å². The number of fused-ring (bicyclic) bond motifs is 2. The minimum atomic E-state index is -1.88. The van der Waals surface area contributed by atoms with Crippen LogP contribution in [0.15, 0.2) is 66.7 Å². The van der Waals surface area contributed by atoms with Crippen LogP contribution in [0.3, 0.4) is 0 Å². The summed E-state index contributed by atoms with van der Waals surface area (Å²) in [6, 6.07) is 17.9. The Morgan fingerprint density at radius 2 is 1.59 bits per heavy atom. The number of benzene rings is 3. The molecule has 0 radical (unpaired) electrons. The van der Waals surface area contributed by atoms with Gasteiger partial charge in [0, 0.05) is 66.9 Å². The third kappa shape index (κ3) is 15.0. The van der Waals surface area contributed by atoms with Gasteiger partial charge in [0.1, 0.15) is 42.5 Å². The lowest BCUT2D eigenvalue weighted by molar-refractivity contribution is -0.245. The predicted octanol–water partition coefficient (Wildman–Crippen LogP) is 7.17. The van der Waals surface area contributed by atoms with Crippen molar-refractivity contribution in [3.8, 4) is 16.9 Å². The number of aliphatic carboxylic acids is 1. The molecule has 6 aliphatic rings. The zero-order valence-corrected chi connectivity index (χ0v) is 56.8. The molecule has 6 aromatic rings. The number of nitrogens with one attached hydrogen (secondary N) is 4. The van der Waals surface area contributed by atoms with Crippen LogP contribution in [0, 0.1) is 29.1 Å². The van der Waals surface area contributed by atoms with Gasteiger partial charge in [-0.05, 0) is 165 Å². The molecule has 26 nitrogen and oxygen atoms in total. The Labute approximate surface area is 565 Å². The van der Waals surface area contributed by atoms with E-state index in [-0.39, 0.29) is 86.1 Å². The Bertz CT molecular complexity index is 3920. The Morgan fingerprint density at radius 1 is 0.845 bits per heavy atom. The molecule has 5 heterocycles. The number of aromatic nitrogens is 4. The first kappa shape index (κ1) is 70.2.